The minimum absolute atomic E-state index is 0.0105. The highest BCUT2D eigenvalue weighted by atomic mass is 16.2. The van der Waals surface area contributed by atoms with Crippen molar-refractivity contribution in [1.29, 1.82) is 0 Å². The second-order valence-electron chi connectivity index (χ2n) is 7.81. The highest BCUT2D eigenvalue weighted by Crippen LogP contribution is 2.19. The molecule has 5 heteroatoms. The van der Waals surface area contributed by atoms with Gasteiger partial charge in [-0.1, -0.05) is 72.3 Å². The van der Waals surface area contributed by atoms with Crippen molar-refractivity contribution < 1.29 is 14.9 Å². The summed E-state index contributed by atoms with van der Waals surface area (Å²) >= 11 is 0. The van der Waals surface area contributed by atoms with E-state index >= 15 is 0 Å². The molecule has 0 bridgehead atoms. The maximum atomic E-state index is 12.4. The lowest BCUT2D eigenvalue weighted by molar-refractivity contribution is -0.676. The fraction of sp³-hybridized carbons (Fsp3) is 0.231. The Morgan fingerprint density at radius 2 is 1.48 bits per heavy atom. The first-order valence-corrected chi connectivity index (χ1v) is 10.5. The average molecular weight is 417 g/mol. The number of aryl methyl sites for hydroxylation is 2. The van der Waals surface area contributed by atoms with Gasteiger partial charge >= 0.3 is 0 Å². The molecule has 1 atom stereocenters. The summed E-state index contributed by atoms with van der Waals surface area (Å²) in [5, 5.41) is 7.58. The minimum atomic E-state index is -0.236. The van der Waals surface area contributed by atoms with Gasteiger partial charge in [-0.05, 0) is 38.0 Å². The van der Waals surface area contributed by atoms with Crippen molar-refractivity contribution in [3.63, 3.8) is 0 Å². The summed E-state index contributed by atoms with van der Waals surface area (Å²) in [5.74, 6) is -0.413. The van der Waals surface area contributed by atoms with Crippen LogP contribution in [0.25, 0.3) is 0 Å². The summed E-state index contributed by atoms with van der Waals surface area (Å²) in [4.78, 5) is 24.7. The molecule has 0 saturated carbocycles. The summed E-state index contributed by atoms with van der Waals surface area (Å²) in [6, 6.07) is 24.2. The van der Waals surface area contributed by atoms with Gasteiger partial charge in [0.1, 0.15) is 6.04 Å². The number of nitrogens with one attached hydrogen (secondary N) is 2. The normalized spacial score (nSPS) is 11.6. The lowest BCUT2D eigenvalue weighted by Crippen LogP contribution is -2.87. The Morgan fingerprint density at radius 1 is 0.806 bits per heavy atom. The topological polar surface area (TPSA) is 74.8 Å². The molecular weight excluding hydrogens is 386 g/mol. The Morgan fingerprint density at radius 3 is 2.19 bits per heavy atom. The summed E-state index contributed by atoms with van der Waals surface area (Å²) in [5.41, 5.74) is 6.38. The lowest BCUT2D eigenvalue weighted by Gasteiger charge is -2.17. The van der Waals surface area contributed by atoms with E-state index in [0.717, 1.165) is 27.9 Å². The SMILES string of the molecule is Cc1ccc([C@@H]([NH2+]CC(=O)NCC(=O)Nc2cccc(C)c2C)c2ccccc2)cc1. The zero-order chi connectivity index (χ0) is 22.2. The van der Waals surface area contributed by atoms with E-state index in [4.69, 9.17) is 0 Å². The van der Waals surface area contributed by atoms with Crippen molar-refractivity contribution in [3.8, 4) is 0 Å². The lowest BCUT2D eigenvalue weighted by atomic mass is 9.98. The molecule has 0 unspecified atom stereocenters. The van der Waals surface area contributed by atoms with E-state index in [1.165, 1.54) is 5.56 Å². The summed E-state index contributed by atoms with van der Waals surface area (Å²) in [6.45, 7) is 6.19. The smallest absolute Gasteiger partial charge is 0.275 e. The van der Waals surface area contributed by atoms with Crippen LogP contribution in [0.1, 0.15) is 33.9 Å². The zero-order valence-electron chi connectivity index (χ0n) is 18.3. The van der Waals surface area contributed by atoms with Crippen LogP contribution in [-0.2, 0) is 9.59 Å². The van der Waals surface area contributed by atoms with Crippen LogP contribution >= 0.6 is 0 Å². The monoisotopic (exact) mass is 416 g/mol. The van der Waals surface area contributed by atoms with Crippen molar-refractivity contribution in [2.45, 2.75) is 26.8 Å². The highest BCUT2D eigenvalue weighted by Gasteiger charge is 2.19. The van der Waals surface area contributed by atoms with Gasteiger partial charge in [0.25, 0.3) is 5.91 Å². The largest absolute Gasteiger partial charge is 0.342 e. The fourth-order valence-corrected chi connectivity index (χ4v) is 3.46. The zero-order valence-corrected chi connectivity index (χ0v) is 18.3. The molecule has 0 aliphatic heterocycles. The maximum Gasteiger partial charge on any atom is 0.275 e. The van der Waals surface area contributed by atoms with Crippen LogP contribution in [0.2, 0.25) is 0 Å². The van der Waals surface area contributed by atoms with Crippen molar-refractivity contribution in [2.24, 2.45) is 0 Å². The number of rotatable bonds is 8. The first-order valence-electron chi connectivity index (χ1n) is 10.5. The van der Waals surface area contributed by atoms with E-state index in [-0.39, 0.29) is 30.9 Å². The van der Waals surface area contributed by atoms with Crippen molar-refractivity contribution >= 4 is 17.5 Å². The number of carbonyl (C=O) groups excluding carboxylic acids is 2. The molecule has 160 valence electrons. The van der Waals surface area contributed by atoms with Gasteiger partial charge < -0.3 is 16.0 Å². The molecule has 0 aliphatic rings. The molecule has 0 radical (unpaired) electrons. The Bertz CT molecular complexity index is 1030. The van der Waals surface area contributed by atoms with E-state index in [1.54, 1.807) is 0 Å². The second kappa shape index (κ2) is 10.5. The van der Waals surface area contributed by atoms with Crippen molar-refractivity contribution in [1.82, 2.24) is 5.32 Å². The van der Waals surface area contributed by atoms with Gasteiger partial charge in [0.2, 0.25) is 5.91 Å². The molecule has 3 rings (SSSR count). The second-order valence-corrected chi connectivity index (χ2v) is 7.81. The molecule has 0 saturated heterocycles. The van der Waals surface area contributed by atoms with E-state index in [9.17, 15) is 9.59 Å². The molecule has 3 aromatic carbocycles. The Hall–Kier alpha value is -3.44. The standard InChI is InChI=1S/C26H29N3O2/c1-18-12-14-22(15-13-18)26(21-9-5-4-6-10-21)28-16-24(30)27-17-25(31)29-23-11-7-8-19(2)20(23)3/h4-15,26,28H,16-17H2,1-3H3,(H,27,30)(H,29,31)/p+1/t26-/m0/s1. The number of quaternary nitrogens is 1. The molecule has 0 aliphatic carbocycles. The number of hydrogen-bond donors (Lipinski definition) is 3. The quantitative estimate of drug-likeness (QED) is 0.528. The fourth-order valence-electron chi connectivity index (χ4n) is 3.46. The molecule has 0 aromatic heterocycles. The summed E-state index contributed by atoms with van der Waals surface area (Å²) in [6.07, 6.45) is 0. The van der Waals surface area contributed by atoms with Gasteiger partial charge in [-0.2, -0.15) is 0 Å². The predicted octanol–water partition coefficient (Wildman–Crippen LogP) is 3.02. The van der Waals surface area contributed by atoms with Gasteiger partial charge in [0.15, 0.2) is 6.54 Å². The third-order valence-corrected chi connectivity index (χ3v) is 5.46. The van der Waals surface area contributed by atoms with Crippen LogP contribution in [0.3, 0.4) is 0 Å². The van der Waals surface area contributed by atoms with Crippen LogP contribution in [0.15, 0.2) is 72.8 Å². The van der Waals surface area contributed by atoms with Gasteiger partial charge in [-0.15, -0.1) is 0 Å². The van der Waals surface area contributed by atoms with Crippen molar-refractivity contribution in [2.75, 3.05) is 18.4 Å². The first-order chi connectivity index (χ1) is 14.9. The third kappa shape index (κ3) is 6.27. The van der Waals surface area contributed by atoms with Crippen LogP contribution < -0.4 is 16.0 Å². The molecule has 2 amide bonds. The van der Waals surface area contributed by atoms with Crippen molar-refractivity contribution in [3.05, 3.63) is 101 Å². The molecule has 0 fully saturated rings. The number of anilines is 1. The average Bonchev–Trinajstić information content (AvgIpc) is 2.77. The van der Waals surface area contributed by atoms with Gasteiger partial charge in [-0.3, -0.25) is 9.59 Å². The predicted molar refractivity (Wildman–Crippen MR) is 124 cm³/mol. The molecular formula is C26H30N3O2+. The van der Waals surface area contributed by atoms with Gasteiger partial charge in [0.05, 0.1) is 6.54 Å². The third-order valence-electron chi connectivity index (χ3n) is 5.46. The van der Waals surface area contributed by atoms with E-state index in [2.05, 4.69) is 54.0 Å². The molecule has 5 nitrogen and oxygen atoms in total. The van der Waals surface area contributed by atoms with Crippen LogP contribution in [0.4, 0.5) is 5.69 Å². The van der Waals surface area contributed by atoms with E-state index < -0.39 is 0 Å². The Balaban J connectivity index is 1.56. The molecule has 3 aromatic rings. The molecule has 31 heavy (non-hydrogen) atoms. The molecule has 0 heterocycles. The van der Waals surface area contributed by atoms with Crippen LogP contribution in [0.5, 0.6) is 0 Å². The number of amides is 2. The highest BCUT2D eigenvalue weighted by molar-refractivity contribution is 5.95. The Labute approximate surface area is 183 Å². The number of carbonyl (C=O) groups is 2. The maximum absolute atomic E-state index is 12.4. The number of benzene rings is 3. The molecule has 0 spiro atoms. The Kier molecular flexibility index (Phi) is 7.57. The summed E-state index contributed by atoms with van der Waals surface area (Å²) < 4.78 is 0. The molecule has 4 N–H and O–H groups in total. The number of hydrogen-bond acceptors (Lipinski definition) is 2. The van der Waals surface area contributed by atoms with E-state index in [0.29, 0.717) is 0 Å². The number of nitrogens with two attached hydrogens (primary N) is 1. The summed E-state index contributed by atoms with van der Waals surface area (Å²) in [7, 11) is 0. The van der Waals surface area contributed by atoms with E-state index in [1.807, 2.05) is 55.6 Å². The van der Waals surface area contributed by atoms with Crippen LogP contribution in [-0.4, -0.2) is 24.9 Å². The van der Waals surface area contributed by atoms with Gasteiger partial charge in [-0.25, -0.2) is 0 Å². The minimum Gasteiger partial charge on any atom is -0.342 e. The first kappa shape index (κ1) is 22.2. The van der Waals surface area contributed by atoms with Crippen LogP contribution in [0, 0.1) is 20.8 Å². The van der Waals surface area contributed by atoms with Gasteiger partial charge in [0, 0.05) is 16.8 Å².